The molecule has 0 spiro atoms. The summed E-state index contributed by atoms with van der Waals surface area (Å²) in [6, 6.07) is 3.25. The number of carbonyl (C=O) groups is 3. The van der Waals surface area contributed by atoms with E-state index in [0.717, 1.165) is 18.2 Å². The van der Waals surface area contributed by atoms with E-state index in [9.17, 15) is 29.6 Å². The molecule has 0 aliphatic rings. The molecular weight excluding hydrogens is 400 g/mol. The number of rotatable bonds is 2. The standard InChI is InChI=1S/C18H22N4O8/c1-17(2,3)29-15(25)20(16(26)30-18(4,5)6)13-11-9-10(22(27)28)7-8-12(11)21(19-13)14(23)24/h7-9H,1-6H3,(H,23,24). The SMILES string of the molecule is CC(C)(C)OC(=O)N(C(=O)OC(C)(C)C)c1nn(C(=O)O)c2ccc([N+](=O)[O-])cc12. The van der Waals surface area contributed by atoms with Crippen molar-refractivity contribution in [2.45, 2.75) is 52.7 Å². The first-order valence-corrected chi connectivity index (χ1v) is 8.77. The molecule has 12 nitrogen and oxygen atoms in total. The molecule has 1 N–H and O–H groups in total. The summed E-state index contributed by atoms with van der Waals surface area (Å²) in [5, 5.41) is 24.3. The average molecular weight is 422 g/mol. The Morgan fingerprint density at radius 3 is 1.97 bits per heavy atom. The topological polar surface area (TPSA) is 154 Å². The van der Waals surface area contributed by atoms with Crippen molar-refractivity contribution in [3.8, 4) is 0 Å². The monoisotopic (exact) mass is 422 g/mol. The number of benzene rings is 1. The van der Waals surface area contributed by atoms with Gasteiger partial charge in [0, 0.05) is 12.1 Å². The van der Waals surface area contributed by atoms with Crippen LogP contribution in [-0.2, 0) is 9.47 Å². The van der Waals surface area contributed by atoms with Crippen LogP contribution in [0.5, 0.6) is 0 Å². The van der Waals surface area contributed by atoms with E-state index in [1.54, 1.807) is 41.5 Å². The second-order valence-corrected chi connectivity index (χ2v) is 8.27. The molecule has 0 fully saturated rings. The Hall–Kier alpha value is -3.70. The van der Waals surface area contributed by atoms with Crippen molar-refractivity contribution in [3.05, 3.63) is 28.3 Å². The quantitative estimate of drug-likeness (QED) is 0.555. The smallest absolute Gasteiger partial charge is 0.432 e. The molecule has 12 heteroatoms. The van der Waals surface area contributed by atoms with Gasteiger partial charge in [-0.05, 0) is 47.6 Å². The Morgan fingerprint density at radius 2 is 1.57 bits per heavy atom. The largest absolute Gasteiger partial charge is 0.463 e. The van der Waals surface area contributed by atoms with Gasteiger partial charge in [-0.3, -0.25) is 10.1 Å². The van der Waals surface area contributed by atoms with Crippen LogP contribution in [-0.4, -0.2) is 49.3 Å². The summed E-state index contributed by atoms with van der Waals surface area (Å²) in [6.45, 7) is 9.40. The number of fused-ring (bicyclic) bond motifs is 1. The number of hydrogen-bond donors (Lipinski definition) is 1. The van der Waals surface area contributed by atoms with Gasteiger partial charge in [-0.2, -0.15) is 9.58 Å². The third-order valence-corrected chi connectivity index (χ3v) is 3.40. The molecule has 0 unspecified atom stereocenters. The van der Waals surface area contributed by atoms with Crippen LogP contribution in [0.2, 0.25) is 0 Å². The maximum Gasteiger partial charge on any atom is 0.432 e. The van der Waals surface area contributed by atoms with Crippen molar-refractivity contribution < 1.29 is 33.9 Å². The van der Waals surface area contributed by atoms with E-state index in [1.165, 1.54) is 0 Å². The van der Waals surface area contributed by atoms with Crippen LogP contribution in [0.25, 0.3) is 10.9 Å². The van der Waals surface area contributed by atoms with E-state index in [4.69, 9.17) is 9.47 Å². The molecule has 2 rings (SSSR count). The Labute approximate surface area is 171 Å². The number of ether oxygens (including phenoxy) is 2. The lowest BCUT2D eigenvalue weighted by Crippen LogP contribution is -2.44. The minimum atomic E-state index is -1.52. The van der Waals surface area contributed by atoms with Crippen molar-refractivity contribution in [1.82, 2.24) is 9.78 Å². The molecule has 0 saturated heterocycles. The molecule has 1 heterocycles. The minimum Gasteiger partial charge on any atom is -0.463 e. The third kappa shape index (κ3) is 5.01. The summed E-state index contributed by atoms with van der Waals surface area (Å²) in [6.07, 6.45) is -3.88. The third-order valence-electron chi connectivity index (χ3n) is 3.40. The molecule has 0 aliphatic heterocycles. The molecule has 30 heavy (non-hydrogen) atoms. The van der Waals surface area contributed by atoms with E-state index < -0.39 is 40.2 Å². The van der Waals surface area contributed by atoms with Crippen LogP contribution in [0.3, 0.4) is 0 Å². The number of imide groups is 1. The van der Waals surface area contributed by atoms with Gasteiger partial charge in [0.25, 0.3) is 5.69 Å². The van der Waals surface area contributed by atoms with Crippen LogP contribution in [0, 0.1) is 10.1 Å². The summed E-state index contributed by atoms with van der Waals surface area (Å²) >= 11 is 0. The zero-order valence-electron chi connectivity index (χ0n) is 17.3. The van der Waals surface area contributed by atoms with Gasteiger partial charge in [0.15, 0.2) is 5.82 Å². The predicted molar refractivity (Wildman–Crippen MR) is 105 cm³/mol. The molecule has 1 aromatic heterocycles. The van der Waals surface area contributed by atoms with Gasteiger partial charge in [0.1, 0.15) is 11.2 Å². The molecule has 0 bridgehead atoms. The normalized spacial score (nSPS) is 11.8. The van der Waals surface area contributed by atoms with Crippen molar-refractivity contribution in [3.63, 3.8) is 0 Å². The zero-order chi connectivity index (χ0) is 23.0. The molecule has 0 saturated carbocycles. The number of nitrogens with zero attached hydrogens (tertiary/aromatic N) is 4. The lowest BCUT2D eigenvalue weighted by atomic mass is 10.2. The number of nitro groups is 1. The van der Waals surface area contributed by atoms with Crippen LogP contribution in [0.15, 0.2) is 18.2 Å². The highest BCUT2D eigenvalue weighted by molar-refractivity contribution is 6.14. The Kier molecular flexibility index (Phi) is 5.73. The fourth-order valence-corrected chi connectivity index (χ4v) is 2.38. The van der Waals surface area contributed by atoms with Gasteiger partial charge in [0.05, 0.1) is 15.8 Å². The number of aromatic nitrogens is 2. The van der Waals surface area contributed by atoms with Crippen LogP contribution in [0.1, 0.15) is 41.5 Å². The first-order valence-electron chi connectivity index (χ1n) is 8.77. The predicted octanol–water partition coefficient (Wildman–Crippen LogP) is 4.15. The summed E-state index contributed by atoms with van der Waals surface area (Å²) in [5.74, 6) is -0.473. The Bertz CT molecular complexity index is 1000. The second kappa shape index (κ2) is 7.61. The van der Waals surface area contributed by atoms with Crippen LogP contribution >= 0.6 is 0 Å². The van der Waals surface area contributed by atoms with Crippen molar-refractivity contribution >= 4 is 40.7 Å². The summed E-state index contributed by atoms with van der Waals surface area (Å²) in [7, 11) is 0. The fraction of sp³-hybridized carbons (Fsp3) is 0.444. The maximum absolute atomic E-state index is 12.8. The molecule has 162 valence electrons. The molecule has 2 amide bonds. The number of non-ortho nitro benzene ring substituents is 1. The molecule has 1 aromatic carbocycles. The van der Waals surface area contributed by atoms with Gasteiger partial charge in [-0.15, -0.1) is 5.10 Å². The summed E-state index contributed by atoms with van der Waals surface area (Å²) in [4.78, 5) is 48.1. The maximum atomic E-state index is 12.8. The van der Waals surface area contributed by atoms with Gasteiger partial charge < -0.3 is 14.6 Å². The van der Waals surface area contributed by atoms with Gasteiger partial charge in [0.2, 0.25) is 0 Å². The van der Waals surface area contributed by atoms with Crippen LogP contribution in [0.4, 0.5) is 25.9 Å². The summed E-state index contributed by atoms with van der Waals surface area (Å²) in [5.41, 5.74) is -2.47. The van der Waals surface area contributed by atoms with Crippen molar-refractivity contribution in [1.29, 1.82) is 0 Å². The van der Waals surface area contributed by atoms with Gasteiger partial charge in [-0.25, -0.2) is 14.4 Å². The molecule has 0 aliphatic carbocycles. The zero-order valence-corrected chi connectivity index (χ0v) is 17.3. The highest BCUT2D eigenvalue weighted by Gasteiger charge is 2.36. The number of carbonyl (C=O) groups excluding carboxylic acids is 2. The number of hydrogen-bond acceptors (Lipinski definition) is 8. The van der Waals surface area contributed by atoms with E-state index >= 15 is 0 Å². The highest BCUT2D eigenvalue weighted by Crippen LogP contribution is 2.31. The minimum absolute atomic E-state index is 0.0692. The number of carboxylic acid groups (broad SMARTS) is 1. The second-order valence-electron chi connectivity index (χ2n) is 8.27. The highest BCUT2D eigenvalue weighted by atomic mass is 16.6. The van der Waals surface area contributed by atoms with Crippen molar-refractivity contribution in [2.75, 3.05) is 4.90 Å². The Balaban J connectivity index is 2.76. The molecule has 2 aromatic rings. The van der Waals surface area contributed by atoms with Crippen LogP contribution < -0.4 is 4.90 Å². The average Bonchev–Trinajstić information content (AvgIpc) is 2.90. The Morgan fingerprint density at radius 1 is 1.07 bits per heavy atom. The number of nitro benzene ring substituents is 1. The lowest BCUT2D eigenvalue weighted by Gasteiger charge is -2.27. The van der Waals surface area contributed by atoms with Crippen molar-refractivity contribution in [2.24, 2.45) is 0 Å². The van der Waals surface area contributed by atoms with E-state index in [-0.39, 0.29) is 16.6 Å². The first kappa shape index (κ1) is 22.6. The fourth-order valence-electron chi connectivity index (χ4n) is 2.38. The number of amides is 2. The van der Waals surface area contributed by atoms with E-state index in [0.29, 0.717) is 9.58 Å². The van der Waals surface area contributed by atoms with E-state index in [1.807, 2.05) is 0 Å². The molecular formula is C18H22N4O8. The van der Waals surface area contributed by atoms with E-state index in [2.05, 4.69) is 5.10 Å². The first-order chi connectivity index (χ1) is 13.6. The van der Waals surface area contributed by atoms with Gasteiger partial charge >= 0.3 is 18.3 Å². The molecule has 0 radical (unpaired) electrons. The molecule has 0 atom stereocenters. The summed E-state index contributed by atoms with van der Waals surface area (Å²) < 4.78 is 11.0. The number of anilines is 1. The lowest BCUT2D eigenvalue weighted by molar-refractivity contribution is -0.384. The van der Waals surface area contributed by atoms with Gasteiger partial charge in [-0.1, -0.05) is 0 Å².